The highest BCUT2D eigenvalue weighted by Crippen LogP contribution is 2.17. The lowest BCUT2D eigenvalue weighted by Crippen LogP contribution is -2.54. The summed E-state index contributed by atoms with van der Waals surface area (Å²) in [6, 6.07) is 6.91. The molecule has 0 aliphatic heterocycles. The zero-order chi connectivity index (χ0) is 17.5. The van der Waals surface area contributed by atoms with Gasteiger partial charge in [-0.3, -0.25) is 20.4 Å². The van der Waals surface area contributed by atoms with Gasteiger partial charge in [0.1, 0.15) is 6.04 Å². The summed E-state index contributed by atoms with van der Waals surface area (Å²) in [7, 11) is 0. The van der Waals surface area contributed by atoms with Gasteiger partial charge in [0.15, 0.2) is 5.11 Å². The van der Waals surface area contributed by atoms with Crippen LogP contribution < -0.4 is 21.5 Å². The minimum atomic E-state index is -0.681. The molecular formula is C17H24N4O2S. The number of aryl methyl sites for hydroxylation is 1. The van der Waals surface area contributed by atoms with Gasteiger partial charge in [-0.1, -0.05) is 30.5 Å². The van der Waals surface area contributed by atoms with E-state index in [4.69, 9.17) is 12.2 Å². The quantitative estimate of drug-likeness (QED) is 0.490. The van der Waals surface area contributed by atoms with Crippen molar-refractivity contribution in [2.45, 2.75) is 51.6 Å². The summed E-state index contributed by atoms with van der Waals surface area (Å²) in [5.41, 5.74) is 6.72. The zero-order valence-corrected chi connectivity index (χ0v) is 14.8. The van der Waals surface area contributed by atoms with Crippen LogP contribution in [-0.4, -0.2) is 29.0 Å². The highest BCUT2D eigenvalue weighted by Gasteiger charge is 2.18. The van der Waals surface area contributed by atoms with Crippen molar-refractivity contribution < 1.29 is 9.59 Å². The molecule has 0 bridgehead atoms. The van der Waals surface area contributed by atoms with E-state index in [0.717, 1.165) is 18.4 Å². The van der Waals surface area contributed by atoms with E-state index in [-0.39, 0.29) is 11.8 Å². The second-order valence-corrected chi connectivity index (χ2v) is 6.54. The Morgan fingerprint density at radius 3 is 2.58 bits per heavy atom. The van der Waals surface area contributed by atoms with Crippen molar-refractivity contribution in [3.63, 3.8) is 0 Å². The predicted molar refractivity (Wildman–Crippen MR) is 97.4 cm³/mol. The molecule has 7 heteroatoms. The van der Waals surface area contributed by atoms with Crippen LogP contribution in [0.2, 0.25) is 0 Å². The minimum absolute atomic E-state index is 0.284. The molecule has 1 aromatic carbocycles. The predicted octanol–water partition coefficient (Wildman–Crippen LogP) is 1.55. The Bertz CT molecular complexity index is 614. The molecule has 1 aliphatic rings. The highest BCUT2D eigenvalue weighted by atomic mass is 32.1. The average Bonchev–Trinajstić information content (AvgIpc) is 3.05. The number of benzene rings is 1. The van der Waals surface area contributed by atoms with Crippen molar-refractivity contribution >= 4 is 29.1 Å². The summed E-state index contributed by atoms with van der Waals surface area (Å²) in [4.78, 5) is 24.2. The van der Waals surface area contributed by atoms with Crippen LogP contribution in [0.25, 0.3) is 0 Å². The molecule has 1 fully saturated rings. The first-order valence-corrected chi connectivity index (χ1v) is 8.60. The van der Waals surface area contributed by atoms with Crippen molar-refractivity contribution in [3.8, 4) is 0 Å². The second kappa shape index (κ2) is 8.63. The van der Waals surface area contributed by atoms with Gasteiger partial charge < -0.3 is 10.6 Å². The molecule has 1 saturated carbocycles. The molecule has 6 nitrogen and oxygen atoms in total. The first-order chi connectivity index (χ1) is 11.5. The number of thiocarbonyl (C=S) groups is 1. The Kier molecular flexibility index (Phi) is 6.54. The summed E-state index contributed by atoms with van der Waals surface area (Å²) >= 11 is 5.15. The van der Waals surface area contributed by atoms with Crippen molar-refractivity contribution in [2.24, 2.45) is 0 Å². The van der Waals surface area contributed by atoms with Gasteiger partial charge in [-0.05, 0) is 51.0 Å². The van der Waals surface area contributed by atoms with Crippen molar-refractivity contribution in [3.05, 3.63) is 35.4 Å². The van der Waals surface area contributed by atoms with Crippen LogP contribution in [0.3, 0.4) is 0 Å². The van der Waals surface area contributed by atoms with Gasteiger partial charge in [0, 0.05) is 11.6 Å². The fourth-order valence-corrected chi connectivity index (χ4v) is 2.87. The van der Waals surface area contributed by atoms with Crippen LogP contribution in [0.15, 0.2) is 24.3 Å². The van der Waals surface area contributed by atoms with E-state index in [2.05, 4.69) is 21.5 Å². The van der Waals surface area contributed by atoms with Crippen LogP contribution in [-0.2, 0) is 4.79 Å². The second-order valence-electron chi connectivity index (χ2n) is 6.13. The normalized spacial score (nSPS) is 15.4. The van der Waals surface area contributed by atoms with Gasteiger partial charge in [0.2, 0.25) is 0 Å². The summed E-state index contributed by atoms with van der Waals surface area (Å²) in [5, 5.41) is 6.23. The van der Waals surface area contributed by atoms with E-state index in [1.54, 1.807) is 19.1 Å². The van der Waals surface area contributed by atoms with Gasteiger partial charge in [-0.2, -0.15) is 0 Å². The van der Waals surface area contributed by atoms with Crippen LogP contribution in [0.1, 0.15) is 48.5 Å². The summed E-state index contributed by atoms with van der Waals surface area (Å²) < 4.78 is 0. The lowest BCUT2D eigenvalue weighted by molar-refractivity contribution is -0.123. The minimum Gasteiger partial charge on any atom is -0.359 e. The molecule has 0 aromatic heterocycles. The number of hydrogen-bond acceptors (Lipinski definition) is 3. The Labute approximate surface area is 147 Å². The first kappa shape index (κ1) is 18.2. The number of nitrogens with one attached hydrogen (secondary N) is 4. The van der Waals surface area contributed by atoms with Gasteiger partial charge in [-0.25, -0.2) is 0 Å². The van der Waals surface area contributed by atoms with Gasteiger partial charge in [0.25, 0.3) is 11.8 Å². The summed E-state index contributed by atoms with van der Waals surface area (Å²) in [6.45, 7) is 3.54. The molecule has 1 aliphatic carbocycles. The summed E-state index contributed by atoms with van der Waals surface area (Å²) in [6.07, 6.45) is 4.60. The molecule has 4 N–H and O–H groups in total. The smallest absolute Gasteiger partial charge is 0.260 e. The maximum Gasteiger partial charge on any atom is 0.260 e. The number of carbonyl (C=O) groups excluding carboxylic acids is 2. The number of hydrogen-bond donors (Lipinski definition) is 4. The van der Waals surface area contributed by atoms with Gasteiger partial charge >= 0.3 is 0 Å². The van der Waals surface area contributed by atoms with E-state index >= 15 is 0 Å². The van der Waals surface area contributed by atoms with Gasteiger partial charge in [-0.15, -0.1) is 0 Å². The van der Waals surface area contributed by atoms with E-state index < -0.39 is 6.04 Å². The van der Waals surface area contributed by atoms with E-state index in [1.807, 2.05) is 19.1 Å². The highest BCUT2D eigenvalue weighted by molar-refractivity contribution is 7.80. The maximum atomic E-state index is 12.1. The van der Waals surface area contributed by atoms with Crippen LogP contribution in [0, 0.1) is 6.92 Å². The molecule has 2 amide bonds. The zero-order valence-electron chi connectivity index (χ0n) is 14.0. The molecule has 0 unspecified atom stereocenters. The number of carbonyl (C=O) groups is 2. The molecular weight excluding hydrogens is 324 g/mol. The van der Waals surface area contributed by atoms with E-state index in [1.165, 1.54) is 12.8 Å². The molecule has 1 aromatic rings. The van der Waals surface area contributed by atoms with Crippen molar-refractivity contribution in [2.75, 3.05) is 0 Å². The lowest BCUT2D eigenvalue weighted by atomic mass is 10.1. The molecule has 0 spiro atoms. The fraction of sp³-hybridized carbons (Fsp3) is 0.471. The number of hydrazine groups is 1. The lowest BCUT2D eigenvalue weighted by Gasteiger charge is -2.18. The third-order valence-electron chi connectivity index (χ3n) is 4.01. The summed E-state index contributed by atoms with van der Waals surface area (Å²) in [5.74, 6) is -0.639. The number of rotatable bonds is 4. The molecule has 1 atom stereocenters. The number of amides is 2. The van der Waals surface area contributed by atoms with E-state index in [0.29, 0.717) is 16.7 Å². The molecule has 2 rings (SSSR count). The first-order valence-electron chi connectivity index (χ1n) is 8.19. The molecule has 0 saturated heterocycles. The molecule has 24 heavy (non-hydrogen) atoms. The largest absolute Gasteiger partial charge is 0.359 e. The standard InChI is InChI=1S/C17H24N4O2S/c1-11-6-5-7-13(10-11)16(23)18-12(2)15(22)20-21-17(24)19-14-8-3-4-9-14/h5-7,10,12,14H,3-4,8-9H2,1-2H3,(H,18,23)(H,20,22)(H2,19,21,24)/t12-/m0/s1. The van der Waals surface area contributed by atoms with Crippen molar-refractivity contribution in [1.29, 1.82) is 0 Å². The van der Waals surface area contributed by atoms with Crippen LogP contribution in [0.5, 0.6) is 0 Å². The third kappa shape index (κ3) is 5.49. The van der Waals surface area contributed by atoms with Crippen LogP contribution in [0.4, 0.5) is 0 Å². The molecule has 130 valence electrons. The van der Waals surface area contributed by atoms with Crippen molar-refractivity contribution in [1.82, 2.24) is 21.5 Å². The molecule has 0 radical (unpaired) electrons. The Hall–Kier alpha value is -2.15. The van der Waals surface area contributed by atoms with Crippen LogP contribution >= 0.6 is 12.2 Å². The van der Waals surface area contributed by atoms with Gasteiger partial charge in [0.05, 0.1) is 0 Å². The SMILES string of the molecule is Cc1cccc(C(=O)N[C@@H](C)C(=O)NNC(=S)NC2CCCC2)c1. The van der Waals surface area contributed by atoms with E-state index in [9.17, 15) is 9.59 Å². The fourth-order valence-electron chi connectivity index (χ4n) is 2.65. The Morgan fingerprint density at radius 1 is 1.21 bits per heavy atom. The third-order valence-corrected chi connectivity index (χ3v) is 4.23. The maximum absolute atomic E-state index is 12.1. The molecule has 0 heterocycles. The monoisotopic (exact) mass is 348 g/mol. The Morgan fingerprint density at radius 2 is 1.92 bits per heavy atom. The average molecular weight is 348 g/mol. The Balaban J connectivity index is 1.75. The topological polar surface area (TPSA) is 82.3 Å².